The second-order valence-electron chi connectivity index (χ2n) is 2.23. The van der Waals surface area contributed by atoms with Crippen molar-refractivity contribution in [3.63, 3.8) is 0 Å². The van der Waals surface area contributed by atoms with E-state index in [1.165, 1.54) is 0 Å². The molecule has 59 valence electrons. The zero-order valence-corrected chi connectivity index (χ0v) is 6.56. The Balaban J connectivity index is 3.61. The Bertz CT molecular complexity index is 95.0. The molecule has 10 heavy (non-hydrogen) atoms. The summed E-state index contributed by atoms with van der Waals surface area (Å²) in [5, 5.41) is 7.13. The summed E-state index contributed by atoms with van der Waals surface area (Å²) in [5.74, 6) is 0.158. The summed E-state index contributed by atoms with van der Waals surface area (Å²) in [4.78, 5) is 1.83. The number of nitrogens with two attached hydrogens (primary N) is 1. The zero-order valence-electron chi connectivity index (χ0n) is 6.56. The van der Waals surface area contributed by atoms with E-state index in [0.717, 1.165) is 25.9 Å². The van der Waals surface area contributed by atoms with Crippen molar-refractivity contribution < 1.29 is 0 Å². The van der Waals surface area contributed by atoms with Gasteiger partial charge in [0.1, 0.15) is 0 Å². The molecule has 0 aliphatic carbocycles. The molecule has 0 saturated heterocycles. The van der Waals surface area contributed by atoms with E-state index in [2.05, 4.69) is 13.8 Å². The number of hydrogen-bond acceptors (Lipinski definition) is 1. The second kappa shape index (κ2) is 5.09. The first-order chi connectivity index (χ1) is 4.72. The van der Waals surface area contributed by atoms with Gasteiger partial charge in [0, 0.05) is 13.1 Å². The number of hydrogen-bond donors (Lipinski definition) is 2. The van der Waals surface area contributed by atoms with Gasteiger partial charge >= 0.3 is 0 Å². The molecule has 3 nitrogen and oxygen atoms in total. The van der Waals surface area contributed by atoms with Crippen LogP contribution in [0.4, 0.5) is 0 Å². The van der Waals surface area contributed by atoms with E-state index in [9.17, 15) is 0 Å². The fourth-order valence-electron chi connectivity index (χ4n) is 0.813. The zero-order chi connectivity index (χ0) is 7.98. The normalized spacial score (nSPS) is 9.40. The van der Waals surface area contributed by atoms with Crippen LogP contribution in [0, 0.1) is 12.3 Å². The number of nitrogens with one attached hydrogen (secondary N) is 1. The molecule has 0 spiro atoms. The van der Waals surface area contributed by atoms with Gasteiger partial charge in [0.2, 0.25) is 0 Å². The van der Waals surface area contributed by atoms with Crippen molar-refractivity contribution in [1.29, 1.82) is 5.41 Å². The molecule has 0 bridgehead atoms. The first kappa shape index (κ1) is 9.27. The van der Waals surface area contributed by atoms with Crippen molar-refractivity contribution in [2.24, 2.45) is 5.73 Å². The van der Waals surface area contributed by atoms with Gasteiger partial charge in [-0.1, -0.05) is 13.8 Å². The van der Waals surface area contributed by atoms with E-state index < -0.39 is 0 Å². The van der Waals surface area contributed by atoms with Crippen LogP contribution in [0.25, 0.3) is 0 Å². The van der Waals surface area contributed by atoms with E-state index in [4.69, 9.17) is 11.1 Å². The molecule has 0 aliphatic rings. The van der Waals surface area contributed by atoms with E-state index in [1.807, 2.05) is 4.90 Å². The summed E-state index contributed by atoms with van der Waals surface area (Å²) < 4.78 is 0. The van der Waals surface area contributed by atoms with Crippen LogP contribution in [0.2, 0.25) is 0 Å². The minimum Gasteiger partial charge on any atom is -0.370 e. The third-order valence-electron chi connectivity index (χ3n) is 1.26. The van der Waals surface area contributed by atoms with Crippen LogP contribution in [0.3, 0.4) is 0 Å². The Labute approximate surface area is 62.7 Å². The van der Waals surface area contributed by atoms with E-state index in [-0.39, 0.29) is 5.96 Å². The monoisotopic (exact) mass is 142 g/mol. The van der Waals surface area contributed by atoms with Crippen LogP contribution in [0.5, 0.6) is 0 Å². The summed E-state index contributed by atoms with van der Waals surface area (Å²) in [6, 6.07) is 0. The van der Waals surface area contributed by atoms with Gasteiger partial charge in [-0.2, -0.15) is 0 Å². The Kier molecular flexibility index (Phi) is 4.72. The number of nitrogens with zero attached hydrogens (tertiary/aromatic N) is 1. The van der Waals surface area contributed by atoms with Crippen molar-refractivity contribution in [2.45, 2.75) is 19.8 Å². The molecule has 1 radical (unpaired) electrons. The highest BCUT2D eigenvalue weighted by atomic mass is 15.2. The number of guanidine groups is 1. The van der Waals surface area contributed by atoms with E-state index in [1.54, 1.807) is 0 Å². The standard InChI is InChI=1S/C7H16N3/c1-3-5-10(6-4-2)7(8)9/h1,3-6H2,2H3,(H3,8,9). The lowest BCUT2D eigenvalue weighted by Gasteiger charge is -2.20. The topological polar surface area (TPSA) is 53.1 Å². The van der Waals surface area contributed by atoms with E-state index in [0.29, 0.717) is 0 Å². The Morgan fingerprint density at radius 2 is 2.20 bits per heavy atom. The van der Waals surface area contributed by atoms with E-state index >= 15 is 0 Å². The molecule has 0 saturated carbocycles. The summed E-state index contributed by atoms with van der Waals surface area (Å²) in [7, 11) is 0. The molecule has 0 aromatic rings. The van der Waals surface area contributed by atoms with Crippen LogP contribution in [-0.4, -0.2) is 23.9 Å². The Morgan fingerprint density at radius 1 is 1.60 bits per heavy atom. The summed E-state index contributed by atoms with van der Waals surface area (Å²) in [6.45, 7) is 7.43. The average Bonchev–Trinajstić information content (AvgIpc) is 1.87. The minimum absolute atomic E-state index is 0.158. The Morgan fingerprint density at radius 3 is 2.50 bits per heavy atom. The quantitative estimate of drug-likeness (QED) is 0.451. The lowest BCUT2D eigenvalue weighted by molar-refractivity contribution is 0.417. The maximum Gasteiger partial charge on any atom is 0.188 e. The maximum absolute atomic E-state index is 7.13. The van der Waals surface area contributed by atoms with Crippen molar-refractivity contribution in [2.75, 3.05) is 13.1 Å². The average molecular weight is 142 g/mol. The third-order valence-corrected chi connectivity index (χ3v) is 1.26. The predicted molar refractivity (Wildman–Crippen MR) is 43.8 cm³/mol. The highest BCUT2D eigenvalue weighted by Crippen LogP contribution is 1.91. The molecular formula is C7H16N3. The highest BCUT2D eigenvalue weighted by Gasteiger charge is 2.01. The molecule has 0 heterocycles. The third kappa shape index (κ3) is 3.33. The molecule has 3 heteroatoms. The molecule has 0 atom stereocenters. The fourth-order valence-corrected chi connectivity index (χ4v) is 0.813. The van der Waals surface area contributed by atoms with Gasteiger partial charge in [0.05, 0.1) is 0 Å². The number of rotatable bonds is 4. The van der Waals surface area contributed by atoms with Crippen LogP contribution >= 0.6 is 0 Å². The Hall–Kier alpha value is -0.730. The molecule has 0 fully saturated rings. The van der Waals surface area contributed by atoms with Gasteiger partial charge in [0.15, 0.2) is 5.96 Å². The van der Waals surface area contributed by atoms with Gasteiger partial charge in [-0.05, 0) is 12.8 Å². The van der Waals surface area contributed by atoms with Crippen molar-refractivity contribution in [3.8, 4) is 0 Å². The van der Waals surface area contributed by atoms with Crippen LogP contribution < -0.4 is 5.73 Å². The van der Waals surface area contributed by atoms with Gasteiger partial charge in [-0.15, -0.1) is 0 Å². The molecule has 0 unspecified atom stereocenters. The predicted octanol–water partition coefficient (Wildman–Crippen LogP) is 0.816. The largest absolute Gasteiger partial charge is 0.370 e. The van der Waals surface area contributed by atoms with Crippen LogP contribution in [0.15, 0.2) is 0 Å². The molecule has 0 aromatic carbocycles. The van der Waals surface area contributed by atoms with Gasteiger partial charge in [-0.25, -0.2) is 0 Å². The molecule has 0 aliphatic heterocycles. The molecule has 0 aromatic heterocycles. The van der Waals surface area contributed by atoms with Crippen molar-refractivity contribution in [1.82, 2.24) is 4.90 Å². The maximum atomic E-state index is 7.13. The minimum atomic E-state index is 0.158. The van der Waals surface area contributed by atoms with Crippen molar-refractivity contribution in [3.05, 3.63) is 6.92 Å². The summed E-state index contributed by atoms with van der Waals surface area (Å²) in [6.07, 6.45) is 1.83. The van der Waals surface area contributed by atoms with Crippen molar-refractivity contribution >= 4 is 5.96 Å². The van der Waals surface area contributed by atoms with Gasteiger partial charge in [0.25, 0.3) is 0 Å². The molecule has 0 amide bonds. The SMILES string of the molecule is [CH2]CCN(CCC)C(=N)N. The summed E-state index contributed by atoms with van der Waals surface area (Å²) in [5.41, 5.74) is 5.29. The molecule has 0 rings (SSSR count). The van der Waals surface area contributed by atoms with Gasteiger partial charge in [-0.3, -0.25) is 5.41 Å². The van der Waals surface area contributed by atoms with Crippen LogP contribution in [0.1, 0.15) is 19.8 Å². The second-order valence-corrected chi connectivity index (χ2v) is 2.23. The first-order valence-electron chi connectivity index (χ1n) is 3.60. The smallest absolute Gasteiger partial charge is 0.188 e. The molecule has 3 N–H and O–H groups in total. The first-order valence-corrected chi connectivity index (χ1v) is 3.60. The molecular weight excluding hydrogens is 126 g/mol. The lowest BCUT2D eigenvalue weighted by Crippen LogP contribution is -2.37. The fraction of sp³-hybridized carbons (Fsp3) is 0.714. The lowest BCUT2D eigenvalue weighted by atomic mass is 10.4. The van der Waals surface area contributed by atoms with Gasteiger partial charge < -0.3 is 10.6 Å². The van der Waals surface area contributed by atoms with Crippen LogP contribution in [-0.2, 0) is 0 Å². The summed E-state index contributed by atoms with van der Waals surface area (Å²) >= 11 is 0. The highest BCUT2D eigenvalue weighted by molar-refractivity contribution is 5.74.